The van der Waals surface area contributed by atoms with Crippen molar-refractivity contribution in [3.05, 3.63) is 23.8 Å². The van der Waals surface area contributed by atoms with Crippen molar-refractivity contribution in [3.63, 3.8) is 0 Å². The first-order valence-electron chi connectivity index (χ1n) is 3.57. The van der Waals surface area contributed by atoms with Crippen molar-refractivity contribution in [1.82, 2.24) is 0 Å². The molecule has 0 unspecified atom stereocenters. The Labute approximate surface area is 87.0 Å². The van der Waals surface area contributed by atoms with E-state index in [-0.39, 0.29) is 5.56 Å². The lowest BCUT2D eigenvalue weighted by Gasteiger charge is -2.09. The second-order valence-electron chi connectivity index (χ2n) is 2.54. The Morgan fingerprint density at radius 3 is 2.40 bits per heavy atom. The lowest BCUT2D eigenvalue weighted by Crippen LogP contribution is -2.17. The van der Waals surface area contributed by atoms with Gasteiger partial charge >= 0.3 is 6.36 Å². The zero-order valence-corrected chi connectivity index (χ0v) is 7.76. The first-order chi connectivity index (χ1) is 6.78. The number of halogens is 4. The maximum absolute atomic E-state index is 11.8. The van der Waals surface area contributed by atoms with Crippen LogP contribution < -0.4 is 4.74 Å². The maximum Gasteiger partial charge on any atom is 0.573 e. The largest absolute Gasteiger partial charge is 0.573 e. The molecule has 0 amide bonds. The molecule has 0 aliphatic carbocycles. The van der Waals surface area contributed by atoms with Crippen LogP contribution in [0.25, 0.3) is 0 Å². The molecule has 0 spiro atoms. The van der Waals surface area contributed by atoms with Gasteiger partial charge in [-0.2, -0.15) is 0 Å². The Balaban J connectivity index is 3.04. The van der Waals surface area contributed by atoms with Crippen molar-refractivity contribution < 1.29 is 27.8 Å². The summed E-state index contributed by atoms with van der Waals surface area (Å²) in [6.45, 7) is 0. The van der Waals surface area contributed by atoms with Crippen molar-refractivity contribution >= 4 is 16.8 Å². The number of phenolic OH excluding ortho intramolecular Hbond substituents is 1. The van der Waals surface area contributed by atoms with Gasteiger partial charge in [-0.05, 0) is 23.7 Å². The van der Waals surface area contributed by atoms with E-state index >= 15 is 0 Å². The summed E-state index contributed by atoms with van der Waals surface area (Å²) in [5.74, 6) is -1.24. The van der Waals surface area contributed by atoms with Crippen LogP contribution in [0, 0.1) is 0 Å². The molecule has 0 saturated heterocycles. The number of carbonyl (C=O) groups excluding carboxylic acids is 1. The fraction of sp³-hybridized carbons (Fsp3) is 0.125. The molecule has 0 heterocycles. The van der Waals surface area contributed by atoms with Crippen molar-refractivity contribution in [1.29, 1.82) is 0 Å². The monoisotopic (exact) mass is 240 g/mol. The number of rotatable bonds is 2. The Morgan fingerprint density at radius 2 is 1.93 bits per heavy atom. The first kappa shape index (κ1) is 11.6. The molecule has 0 bridgehead atoms. The van der Waals surface area contributed by atoms with Crippen molar-refractivity contribution in [3.8, 4) is 11.5 Å². The van der Waals surface area contributed by atoms with Gasteiger partial charge in [0, 0.05) is 11.6 Å². The predicted octanol–water partition coefficient (Wildman–Crippen LogP) is 2.67. The Morgan fingerprint density at radius 1 is 1.33 bits per heavy atom. The second kappa shape index (κ2) is 3.98. The average molecular weight is 241 g/mol. The molecule has 0 aliphatic heterocycles. The highest BCUT2D eigenvalue weighted by molar-refractivity contribution is 6.67. The molecule has 0 atom stereocenters. The van der Waals surface area contributed by atoms with Crippen LogP contribution in [-0.2, 0) is 0 Å². The molecule has 3 nitrogen and oxygen atoms in total. The SMILES string of the molecule is O=C(Cl)c1cc(O)cc(OC(F)(F)F)c1. The number of hydrogen-bond acceptors (Lipinski definition) is 3. The zero-order valence-electron chi connectivity index (χ0n) is 7.01. The minimum Gasteiger partial charge on any atom is -0.508 e. The Hall–Kier alpha value is -1.43. The molecular formula is C8H4ClF3O3. The van der Waals surface area contributed by atoms with E-state index in [0.29, 0.717) is 0 Å². The van der Waals surface area contributed by atoms with Crippen LogP contribution in [0.2, 0.25) is 0 Å². The lowest BCUT2D eigenvalue weighted by molar-refractivity contribution is -0.274. The van der Waals surface area contributed by atoms with Gasteiger partial charge in [-0.3, -0.25) is 4.79 Å². The lowest BCUT2D eigenvalue weighted by atomic mass is 10.2. The van der Waals surface area contributed by atoms with E-state index in [4.69, 9.17) is 16.7 Å². The number of ether oxygens (including phenoxy) is 1. The number of aromatic hydroxyl groups is 1. The van der Waals surface area contributed by atoms with E-state index < -0.39 is 23.1 Å². The quantitative estimate of drug-likeness (QED) is 0.809. The zero-order chi connectivity index (χ0) is 11.6. The second-order valence-corrected chi connectivity index (χ2v) is 2.88. The highest BCUT2D eigenvalue weighted by Crippen LogP contribution is 2.27. The molecule has 7 heteroatoms. The highest BCUT2D eigenvalue weighted by Gasteiger charge is 2.31. The number of carbonyl (C=O) groups is 1. The summed E-state index contributed by atoms with van der Waals surface area (Å²) < 4.78 is 38.9. The summed E-state index contributed by atoms with van der Waals surface area (Å²) in [5.41, 5.74) is -0.282. The third-order valence-electron chi connectivity index (χ3n) is 1.35. The number of benzene rings is 1. The van der Waals surface area contributed by atoms with Crippen LogP contribution in [0.15, 0.2) is 18.2 Å². The molecule has 0 fully saturated rings. The van der Waals surface area contributed by atoms with Gasteiger partial charge < -0.3 is 9.84 Å². The van der Waals surface area contributed by atoms with Gasteiger partial charge in [0.05, 0.1) is 0 Å². The van der Waals surface area contributed by atoms with E-state index in [1.54, 1.807) is 0 Å². The standard InChI is InChI=1S/C8H4ClF3O3/c9-7(14)4-1-5(13)3-6(2-4)15-8(10,11)12/h1-3,13H. The molecule has 0 saturated carbocycles. The summed E-state index contributed by atoms with van der Waals surface area (Å²) >= 11 is 5.03. The molecular weight excluding hydrogens is 237 g/mol. The summed E-state index contributed by atoms with van der Waals surface area (Å²) in [6, 6.07) is 2.43. The average Bonchev–Trinajstić information content (AvgIpc) is 1.99. The van der Waals surface area contributed by atoms with E-state index in [1.807, 2.05) is 0 Å². The van der Waals surface area contributed by atoms with Crippen molar-refractivity contribution in [2.75, 3.05) is 0 Å². The van der Waals surface area contributed by atoms with Gasteiger partial charge in [0.2, 0.25) is 0 Å². The van der Waals surface area contributed by atoms with E-state index in [0.717, 1.165) is 18.2 Å². The summed E-state index contributed by atoms with van der Waals surface area (Å²) in [7, 11) is 0. The van der Waals surface area contributed by atoms with Crippen LogP contribution in [0.1, 0.15) is 10.4 Å². The van der Waals surface area contributed by atoms with Crippen molar-refractivity contribution in [2.24, 2.45) is 0 Å². The van der Waals surface area contributed by atoms with E-state index in [2.05, 4.69) is 4.74 Å². The number of alkyl halides is 3. The van der Waals surface area contributed by atoms with Crippen LogP contribution in [0.3, 0.4) is 0 Å². The van der Waals surface area contributed by atoms with Gasteiger partial charge in [-0.1, -0.05) is 0 Å². The Bertz CT molecular complexity index is 389. The molecule has 0 aromatic heterocycles. The van der Waals surface area contributed by atoms with E-state index in [9.17, 15) is 18.0 Å². The van der Waals surface area contributed by atoms with Gasteiger partial charge in [0.15, 0.2) is 0 Å². The molecule has 15 heavy (non-hydrogen) atoms. The smallest absolute Gasteiger partial charge is 0.508 e. The Kier molecular flexibility index (Phi) is 3.09. The van der Waals surface area contributed by atoms with Crippen LogP contribution in [0.5, 0.6) is 11.5 Å². The fourth-order valence-corrected chi connectivity index (χ4v) is 0.998. The van der Waals surface area contributed by atoms with Crippen LogP contribution in [0.4, 0.5) is 13.2 Å². The van der Waals surface area contributed by atoms with Crippen LogP contribution in [-0.4, -0.2) is 16.7 Å². The molecule has 0 aliphatic rings. The normalized spacial score (nSPS) is 11.2. The molecule has 0 radical (unpaired) electrons. The third kappa shape index (κ3) is 3.67. The predicted molar refractivity (Wildman–Crippen MR) is 45.0 cm³/mol. The van der Waals surface area contributed by atoms with Crippen molar-refractivity contribution in [2.45, 2.75) is 6.36 Å². The summed E-state index contributed by atoms with van der Waals surface area (Å²) in [4.78, 5) is 10.6. The molecule has 1 aromatic rings. The number of hydrogen-bond donors (Lipinski definition) is 1. The molecule has 82 valence electrons. The molecule has 1 aromatic carbocycles. The molecule has 1 rings (SSSR count). The minimum absolute atomic E-state index is 0.282. The minimum atomic E-state index is -4.89. The number of phenols is 1. The maximum atomic E-state index is 11.8. The highest BCUT2D eigenvalue weighted by atomic mass is 35.5. The molecule has 1 N–H and O–H groups in total. The van der Waals surface area contributed by atoms with E-state index in [1.165, 1.54) is 0 Å². The summed E-state index contributed by atoms with van der Waals surface area (Å²) in [6.07, 6.45) is -4.89. The summed E-state index contributed by atoms with van der Waals surface area (Å²) in [5, 5.41) is 7.99. The fourth-order valence-electron chi connectivity index (χ4n) is 0.889. The van der Waals surface area contributed by atoms with Gasteiger partial charge in [0.1, 0.15) is 11.5 Å². The van der Waals surface area contributed by atoms with Crippen LogP contribution >= 0.6 is 11.6 Å². The first-order valence-corrected chi connectivity index (χ1v) is 3.95. The van der Waals surface area contributed by atoms with Gasteiger partial charge in [0.25, 0.3) is 5.24 Å². The van der Waals surface area contributed by atoms with Gasteiger partial charge in [-0.15, -0.1) is 13.2 Å². The van der Waals surface area contributed by atoms with Gasteiger partial charge in [-0.25, -0.2) is 0 Å². The third-order valence-corrected chi connectivity index (χ3v) is 1.57. The topological polar surface area (TPSA) is 46.5 Å².